The van der Waals surface area contributed by atoms with Crippen molar-refractivity contribution in [2.45, 2.75) is 38.5 Å². The van der Waals surface area contributed by atoms with Crippen molar-refractivity contribution < 1.29 is 17.6 Å². The van der Waals surface area contributed by atoms with Crippen LogP contribution >= 0.6 is 0 Å². The Kier molecular flexibility index (Phi) is 5.26. The highest BCUT2D eigenvalue weighted by atomic mass is 19.2. The minimum Gasteiger partial charge on any atom is -0.206 e. The summed E-state index contributed by atoms with van der Waals surface area (Å²) in [5.41, 5.74) is 0.977. The van der Waals surface area contributed by atoms with Crippen LogP contribution in [0.2, 0.25) is 0 Å². The average molecular weight is 348 g/mol. The van der Waals surface area contributed by atoms with Crippen LogP contribution in [0.15, 0.2) is 42.5 Å². The van der Waals surface area contributed by atoms with Crippen LogP contribution in [-0.4, -0.2) is 0 Å². The van der Waals surface area contributed by atoms with E-state index in [1.807, 2.05) is 6.92 Å². The quantitative estimate of drug-likeness (QED) is 0.326. The zero-order valence-corrected chi connectivity index (χ0v) is 14.0. The van der Waals surface area contributed by atoms with Crippen LogP contribution in [0.1, 0.15) is 44.1 Å². The molecule has 1 aliphatic rings. The van der Waals surface area contributed by atoms with Gasteiger partial charge in [-0.3, -0.25) is 0 Å². The molecule has 2 aromatic rings. The molecule has 0 nitrogen and oxygen atoms in total. The summed E-state index contributed by atoms with van der Waals surface area (Å²) in [5.74, 6) is -3.83. The second kappa shape index (κ2) is 7.42. The molecule has 0 heterocycles. The molecule has 132 valence electrons. The lowest BCUT2D eigenvalue weighted by atomic mass is 9.78. The normalized spacial score (nSPS) is 21.0. The predicted octanol–water partition coefficient (Wildman–Crippen LogP) is 6.76. The number of hydrogen-bond donors (Lipinski definition) is 0. The summed E-state index contributed by atoms with van der Waals surface area (Å²) in [7, 11) is 0. The molecule has 0 spiro atoms. The molecule has 0 atom stereocenters. The Labute approximate surface area is 145 Å². The smallest absolute Gasteiger partial charge is 0.194 e. The molecule has 0 saturated heterocycles. The fourth-order valence-electron chi connectivity index (χ4n) is 3.65. The van der Waals surface area contributed by atoms with Crippen molar-refractivity contribution in [2.75, 3.05) is 0 Å². The van der Waals surface area contributed by atoms with Gasteiger partial charge in [-0.2, -0.15) is 0 Å². The third-order valence-electron chi connectivity index (χ3n) is 5.00. The summed E-state index contributed by atoms with van der Waals surface area (Å²) in [5, 5.41) is 0. The Bertz CT molecular complexity index is 763. The Balaban J connectivity index is 1.82. The summed E-state index contributed by atoms with van der Waals surface area (Å²) < 4.78 is 54.3. The molecule has 3 rings (SSSR count). The highest BCUT2D eigenvalue weighted by Crippen LogP contribution is 2.37. The molecular weight excluding hydrogens is 328 g/mol. The van der Waals surface area contributed by atoms with Gasteiger partial charge in [0.2, 0.25) is 0 Å². The predicted molar refractivity (Wildman–Crippen MR) is 91.2 cm³/mol. The number of benzene rings is 2. The third-order valence-corrected chi connectivity index (χ3v) is 5.00. The van der Waals surface area contributed by atoms with Gasteiger partial charge in [-0.25, -0.2) is 17.6 Å². The van der Waals surface area contributed by atoms with Crippen LogP contribution in [0, 0.1) is 29.2 Å². The van der Waals surface area contributed by atoms with Gasteiger partial charge in [0.25, 0.3) is 0 Å². The number of halogens is 4. The van der Waals surface area contributed by atoms with Crippen molar-refractivity contribution in [3.8, 4) is 11.1 Å². The first kappa shape index (κ1) is 17.7. The molecule has 1 fully saturated rings. The van der Waals surface area contributed by atoms with Gasteiger partial charge in [-0.1, -0.05) is 24.3 Å². The molecule has 25 heavy (non-hydrogen) atoms. The zero-order valence-electron chi connectivity index (χ0n) is 14.0. The van der Waals surface area contributed by atoms with Crippen LogP contribution in [0.3, 0.4) is 0 Å². The highest BCUT2D eigenvalue weighted by Gasteiger charge is 2.22. The zero-order chi connectivity index (χ0) is 18.0. The lowest BCUT2D eigenvalue weighted by Gasteiger charge is -2.27. The lowest BCUT2D eigenvalue weighted by molar-refractivity contribution is 0.375. The summed E-state index contributed by atoms with van der Waals surface area (Å²) >= 11 is 0. The molecule has 0 amide bonds. The van der Waals surface area contributed by atoms with E-state index in [2.05, 4.69) is 12.2 Å². The molecule has 0 radical (unpaired) electrons. The number of allylic oxidation sites excluding steroid dienone is 2. The second-order valence-electron chi connectivity index (χ2n) is 6.63. The van der Waals surface area contributed by atoms with Crippen LogP contribution < -0.4 is 0 Å². The van der Waals surface area contributed by atoms with E-state index < -0.39 is 23.3 Å². The molecular formula is C21H20F4. The first-order valence-electron chi connectivity index (χ1n) is 8.56. The largest absolute Gasteiger partial charge is 0.206 e. The molecule has 1 aliphatic carbocycles. The minimum absolute atomic E-state index is 0.00255. The highest BCUT2D eigenvalue weighted by molar-refractivity contribution is 5.65. The molecule has 0 aromatic heterocycles. The van der Waals surface area contributed by atoms with Crippen molar-refractivity contribution in [2.24, 2.45) is 5.92 Å². The minimum atomic E-state index is -1.54. The van der Waals surface area contributed by atoms with Gasteiger partial charge in [-0.05, 0) is 73.8 Å². The monoisotopic (exact) mass is 348 g/mol. The fourth-order valence-corrected chi connectivity index (χ4v) is 3.65. The van der Waals surface area contributed by atoms with Gasteiger partial charge >= 0.3 is 0 Å². The first-order chi connectivity index (χ1) is 12.0. The molecule has 0 N–H and O–H groups in total. The van der Waals surface area contributed by atoms with Crippen molar-refractivity contribution in [1.29, 1.82) is 0 Å². The van der Waals surface area contributed by atoms with E-state index in [0.717, 1.165) is 43.4 Å². The van der Waals surface area contributed by atoms with E-state index in [1.54, 1.807) is 6.07 Å². The number of hydrogen-bond acceptors (Lipinski definition) is 0. The Hall–Kier alpha value is -2.10. The maximum Gasteiger partial charge on any atom is 0.194 e. The van der Waals surface area contributed by atoms with Gasteiger partial charge < -0.3 is 0 Å². The molecule has 0 unspecified atom stereocenters. The van der Waals surface area contributed by atoms with E-state index in [1.165, 1.54) is 12.1 Å². The van der Waals surface area contributed by atoms with Crippen molar-refractivity contribution in [3.63, 3.8) is 0 Å². The van der Waals surface area contributed by atoms with E-state index in [4.69, 9.17) is 0 Å². The maximum absolute atomic E-state index is 14.5. The van der Waals surface area contributed by atoms with Gasteiger partial charge in [0, 0.05) is 5.56 Å². The molecule has 0 aliphatic heterocycles. The Morgan fingerprint density at radius 2 is 1.48 bits per heavy atom. The SMILES string of the molecule is CC=CC1CCC(c2ccc(-c3cc(F)c(F)c(F)c3)c(F)c2)CC1. The van der Waals surface area contributed by atoms with Gasteiger partial charge in [-0.15, -0.1) is 0 Å². The van der Waals surface area contributed by atoms with E-state index in [9.17, 15) is 17.6 Å². The van der Waals surface area contributed by atoms with Crippen molar-refractivity contribution in [1.82, 2.24) is 0 Å². The van der Waals surface area contributed by atoms with Crippen molar-refractivity contribution in [3.05, 3.63) is 71.3 Å². The van der Waals surface area contributed by atoms with Gasteiger partial charge in [0.05, 0.1) is 0 Å². The number of rotatable bonds is 3. The summed E-state index contributed by atoms with van der Waals surface area (Å²) in [6.45, 7) is 2.02. The first-order valence-corrected chi connectivity index (χ1v) is 8.56. The second-order valence-corrected chi connectivity index (χ2v) is 6.63. The average Bonchev–Trinajstić information content (AvgIpc) is 2.60. The summed E-state index contributed by atoms with van der Waals surface area (Å²) in [4.78, 5) is 0. The van der Waals surface area contributed by atoms with Crippen LogP contribution in [-0.2, 0) is 0 Å². The Morgan fingerprint density at radius 1 is 0.840 bits per heavy atom. The standard InChI is InChI=1S/C21H20F4/c1-2-3-13-4-6-14(7-5-13)15-8-9-17(18(22)10-15)16-11-19(23)21(25)20(24)12-16/h2-3,8-14H,4-7H2,1H3. The van der Waals surface area contributed by atoms with E-state index in [0.29, 0.717) is 11.8 Å². The van der Waals surface area contributed by atoms with Gasteiger partial charge in [0.15, 0.2) is 17.5 Å². The van der Waals surface area contributed by atoms with Crippen LogP contribution in [0.25, 0.3) is 11.1 Å². The fraction of sp³-hybridized carbons (Fsp3) is 0.333. The summed E-state index contributed by atoms with van der Waals surface area (Å²) in [6.07, 6.45) is 8.43. The van der Waals surface area contributed by atoms with E-state index in [-0.39, 0.29) is 11.1 Å². The molecule has 0 bridgehead atoms. The van der Waals surface area contributed by atoms with E-state index >= 15 is 0 Å². The molecule has 2 aromatic carbocycles. The van der Waals surface area contributed by atoms with Crippen LogP contribution in [0.4, 0.5) is 17.6 Å². The van der Waals surface area contributed by atoms with Gasteiger partial charge in [0.1, 0.15) is 5.82 Å². The molecule has 4 heteroatoms. The lowest BCUT2D eigenvalue weighted by Crippen LogP contribution is -2.12. The topological polar surface area (TPSA) is 0 Å². The summed E-state index contributed by atoms with van der Waals surface area (Å²) in [6, 6.07) is 6.40. The maximum atomic E-state index is 14.5. The third kappa shape index (κ3) is 3.78. The molecule has 1 saturated carbocycles. The van der Waals surface area contributed by atoms with Crippen LogP contribution in [0.5, 0.6) is 0 Å². The van der Waals surface area contributed by atoms with Crippen molar-refractivity contribution >= 4 is 0 Å². The Morgan fingerprint density at radius 3 is 2.04 bits per heavy atom.